The van der Waals surface area contributed by atoms with Crippen molar-refractivity contribution in [2.45, 2.75) is 0 Å². The Morgan fingerprint density at radius 1 is 0.857 bits per heavy atom. The largest absolute Gasteiger partial charge is 0.0827 e. The van der Waals surface area contributed by atoms with E-state index >= 15 is 0 Å². The van der Waals surface area contributed by atoms with Gasteiger partial charge in [0.2, 0.25) is 0 Å². The zero-order chi connectivity index (χ0) is 14.3. The Kier molecular flexibility index (Phi) is 1.50. The highest BCUT2D eigenvalue weighted by Crippen LogP contribution is 2.28. The third-order valence-corrected chi connectivity index (χ3v) is 2.45. The van der Waals surface area contributed by atoms with E-state index in [9.17, 15) is 0 Å². The molecule has 0 bridgehead atoms. The second-order valence-corrected chi connectivity index (χ2v) is 3.44. The summed E-state index contributed by atoms with van der Waals surface area (Å²) in [6, 6.07) is 2.90. The summed E-state index contributed by atoms with van der Waals surface area (Å²) < 4.78 is 38.5. The summed E-state index contributed by atoms with van der Waals surface area (Å²) in [6.45, 7) is 0. The molecule has 0 saturated carbocycles. The van der Waals surface area contributed by atoms with Gasteiger partial charge in [0.25, 0.3) is 0 Å². The van der Waals surface area contributed by atoms with Crippen molar-refractivity contribution in [3.63, 3.8) is 0 Å². The smallest absolute Gasteiger partial charge is 0.0629 e. The lowest BCUT2D eigenvalue weighted by atomic mass is 10.1. The topological polar surface area (TPSA) is 0 Å². The zero-order valence-corrected chi connectivity index (χ0v) is 8.50. The van der Waals surface area contributed by atoms with Gasteiger partial charge in [0.15, 0.2) is 0 Å². The molecule has 14 heavy (non-hydrogen) atoms. The molecular weight excluding hydrogens is 215 g/mol. The summed E-state index contributed by atoms with van der Waals surface area (Å²) in [5.74, 6) is 0. The molecule has 0 aliphatic heterocycles. The van der Waals surface area contributed by atoms with Crippen molar-refractivity contribution in [1.82, 2.24) is 0 Å². The van der Waals surface area contributed by atoms with E-state index in [1.807, 2.05) is 0 Å². The molecule has 0 aliphatic carbocycles. The standard InChI is InChI=1S/C12H8Cl2/c13-11-7-6-10(8-12(11)14)9-4-2-1-3-5-9/h1-8H/i1D,2D,3D,4D,5D. The number of benzene rings is 2. The number of halogens is 2. The average Bonchev–Trinajstić information content (AvgIpc) is 2.38. The summed E-state index contributed by atoms with van der Waals surface area (Å²) in [5, 5.41) is 0.615. The van der Waals surface area contributed by atoms with Crippen molar-refractivity contribution in [1.29, 1.82) is 0 Å². The minimum absolute atomic E-state index is 0.115. The predicted molar refractivity (Wildman–Crippen MR) is 61.9 cm³/mol. The van der Waals surface area contributed by atoms with Crippen molar-refractivity contribution in [2.24, 2.45) is 0 Å². The Balaban J connectivity index is 2.79. The lowest BCUT2D eigenvalue weighted by Gasteiger charge is -2.02. The average molecular weight is 228 g/mol. The van der Waals surface area contributed by atoms with Crippen LogP contribution in [-0.2, 0) is 0 Å². The van der Waals surface area contributed by atoms with E-state index < -0.39 is 6.04 Å². The van der Waals surface area contributed by atoms with Crippen LogP contribution in [0.2, 0.25) is 10.0 Å². The van der Waals surface area contributed by atoms with Gasteiger partial charge < -0.3 is 0 Å². The number of hydrogen-bond donors (Lipinski definition) is 0. The summed E-state index contributed by atoms with van der Waals surface area (Å²) in [5.41, 5.74) is 0.552. The Morgan fingerprint density at radius 3 is 2.21 bits per heavy atom. The molecule has 0 nitrogen and oxygen atoms in total. The van der Waals surface area contributed by atoms with Crippen LogP contribution in [0.15, 0.2) is 48.4 Å². The highest BCUT2D eigenvalue weighted by atomic mass is 35.5. The van der Waals surface area contributed by atoms with Gasteiger partial charge >= 0.3 is 0 Å². The first kappa shape index (κ1) is 5.20. The maximum atomic E-state index is 7.85. The van der Waals surface area contributed by atoms with Crippen LogP contribution in [0.3, 0.4) is 0 Å². The van der Waals surface area contributed by atoms with Gasteiger partial charge in [-0.05, 0) is 23.3 Å². The molecule has 0 heterocycles. The molecule has 2 aromatic carbocycles. The molecule has 2 aromatic rings. The molecule has 0 fully saturated rings. The molecule has 0 aromatic heterocycles. The van der Waals surface area contributed by atoms with Gasteiger partial charge in [-0.2, -0.15) is 0 Å². The van der Waals surface area contributed by atoms with E-state index in [-0.39, 0.29) is 34.8 Å². The summed E-state index contributed by atoms with van der Waals surface area (Å²) >= 11 is 11.7. The molecular formula is C12H8Cl2. The van der Waals surface area contributed by atoms with Crippen LogP contribution in [-0.4, -0.2) is 0 Å². The number of hydrogen-bond acceptors (Lipinski definition) is 0. The van der Waals surface area contributed by atoms with E-state index in [0.29, 0.717) is 10.6 Å². The van der Waals surface area contributed by atoms with Crippen molar-refractivity contribution in [2.75, 3.05) is 0 Å². The molecule has 2 rings (SSSR count). The van der Waals surface area contributed by atoms with E-state index in [2.05, 4.69) is 0 Å². The molecule has 0 unspecified atom stereocenters. The van der Waals surface area contributed by atoms with Gasteiger partial charge in [0.1, 0.15) is 0 Å². The van der Waals surface area contributed by atoms with Gasteiger partial charge in [-0.3, -0.25) is 0 Å². The van der Waals surface area contributed by atoms with Crippen LogP contribution in [0.1, 0.15) is 6.85 Å². The van der Waals surface area contributed by atoms with Crippen LogP contribution < -0.4 is 0 Å². The maximum Gasteiger partial charge on any atom is 0.0629 e. The van der Waals surface area contributed by atoms with Crippen molar-refractivity contribution < 1.29 is 6.85 Å². The molecule has 70 valence electrons. The van der Waals surface area contributed by atoms with Crippen molar-refractivity contribution in [3.8, 4) is 11.1 Å². The van der Waals surface area contributed by atoms with Gasteiger partial charge in [-0.1, -0.05) is 59.5 Å². The molecule has 0 radical (unpaired) electrons. The highest BCUT2D eigenvalue weighted by molar-refractivity contribution is 6.42. The molecule has 0 amide bonds. The highest BCUT2D eigenvalue weighted by Gasteiger charge is 2.00. The minimum atomic E-state index is -0.418. The molecule has 0 spiro atoms. The van der Waals surface area contributed by atoms with E-state index in [1.165, 1.54) is 12.1 Å². The Morgan fingerprint density at radius 2 is 1.57 bits per heavy atom. The van der Waals surface area contributed by atoms with Crippen LogP contribution in [0.5, 0.6) is 0 Å². The van der Waals surface area contributed by atoms with E-state index in [4.69, 9.17) is 30.1 Å². The van der Waals surface area contributed by atoms with Gasteiger partial charge in [-0.25, -0.2) is 0 Å². The molecule has 2 heteroatoms. The lowest BCUT2D eigenvalue weighted by molar-refractivity contribution is 1.62. The maximum absolute atomic E-state index is 7.85. The van der Waals surface area contributed by atoms with Crippen LogP contribution in [0.4, 0.5) is 0 Å². The van der Waals surface area contributed by atoms with Crippen LogP contribution in [0.25, 0.3) is 11.1 Å². The zero-order valence-electron chi connectivity index (χ0n) is 12.0. The summed E-state index contributed by atoms with van der Waals surface area (Å²) in [7, 11) is 0. The first-order valence-electron chi connectivity index (χ1n) is 6.37. The minimum Gasteiger partial charge on any atom is -0.0827 e. The Hall–Kier alpha value is -0.980. The normalized spacial score (nSPS) is 15.1. The van der Waals surface area contributed by atoms with Gasteiger partial charge in [0.05, 0.1) is 16.9 Å². The van der Waals surface area contributed by atoms with Gasteiger partial charge in [-0.15, -0.1) is 0 Å². The Labute approximate surface area is 100 Å². The van der Waals surface area contributed by atoms with Crippen molar-refractivity contribution >= 4 is 23.2 Å². The fraction of sp³-hybridized carbons (Fsp3) is 0. The van der Waals surface area contributed by atoms with E-state index in [1.54, 1.807) is 6.07 Å². The fourth-order valence-corrected chi connectivity index (χ4v) is 1.34. The monoisotopic (exact) mass is 227 g/mol. The lowest BCUT2D eigenvalue weighted by Crippen LogP contribution is -1.77. The molecule has 0 aliphatic rings. The fourth-order valence-electron chi connectivity index (χ4n) is 1.05. The SMILES string of the molecule is [2H]c1c([2H])c([2H])c(-c2ccc(Cl)c(Cl)c2)c([2H])c1[2H]. The second-order valence-electron chi connectivity index (χ2n) is 2.63. The first-order valence-corrected chi connectivity index (χ1v) is 4.62. The number of rotatable bonds is 1. The molecule has 0 N–H and O–H groups in total. The third-order valence-electron chi connectivity index (χ3n) is 1.71. The predicted octanol–water partition coefficient (Wildman–Crippen LogP) is 4.66. The van der Waals surface area contributed by atoms with Crippen LogP contribution in [0, 0.1) is 0 Å². The second kappa shape index (κ2) is 4.04. The quantitative estimate of drug-likeness (QED) is 0.665. The van der Waals surface area contributed by atoms with Gasteiger partial charge in [0, 0.05) is 0 Å². The van der Waals surface area contributed by atoms with Crippen LogP contribution >= 0.6 is 23.2 Å². The first-order chi connectivity index (χ1) is 8.84. The van der Waals surface area contributed by atoms with Crippen molar-refractivity contribution in [3.05, 3.63) is 58.5 Å². The molecule has 0 atom stereocenters. The van der Waals surface area contributed by atoms with E-state index in [0.717, 1.165) is 0 Å². The third kappa shape index (κ3) is 1.92. The molecule has 0 saturated heterocycles. The summed E-state index contributed by atoms with van der Waals surface area (Å²) in [4.78, 5) is 0. The summed E-state index contributed by atoms with van der Waals surface area (Å²) in [6.07, 6.45) is 0. The Bertz CT molecular complexity index is 641.